The van der Waals surface area contributed by atoms with E-state index in [0.717, 1.165) is 37.6 Å². The van der Waals surface area contributed by atoms with E-state index < -0.39 is 0 Å². The molecule has 0 bridgehead atoms. The Morgan fingerprint density at radius 2 is 2.05 bits per heavy atom. The number of nitrogens with one attached hydrogen (secondary N) is 1. The third-order valence-corrected chi connectivity index (χ3v) is 3.39. The minimum Gasteiger partial charge on any atom is -0.340 e. The fourth-order valence-corrected chi connectivity index (χ4v) is 2.49. The molecule has 0 aliphatic carbocycles. The van der Waals surface area contributed by atoms with Crippen LogP contribution in [0.3, 0.4) is 0 Å². The Morgan fingerprint density at radius 3 is 2.84 bits per heavy atom. The van der Waals surface area contributed by atoms with Gasteiger partial charge in [-0.05, 0) is 25.0 Å². The van der Waals surface area contributed by atoms with Gasteiger partial charge in [0.15, 0.2) is 0 Å². The number of hydrogen-bond acceptors (Lipinski definition) is 5. The maximum Gasteiger partial charge on any atom is 0.345 e. The number of nitrogens with zero attached hydrogens (tertiary/aromatic N) is 4. The summed E-state index contributed by atoms with van der Waals surface area (Å²) in [5.74, 6) is 1.05. The molecule has 3 rings (SSSR count). The van der Waals surface area contributed by atoms with E-state index in [0.29, 0.717) is 5.92 Å². The highest BCUT2D eigenvalue weighted by Crippen LogP contribution is 2.26. The topological polar surface area (TPSA) is 74.8 Å². The molecule has 0 radical (unpaired) electrons. The molecule has 2 aromatic heterocycles. The molecule has 0 amide bonds. The van der Waals surface area contributed by atoms with Crippen LogP contribution in [0.5, 0.6) is 0 Å². The van der Waals surface area contributed by atoms with Crippen molar-refractivity contribution in [3.05, 3.63) is 46.9 Å². The first-order valence-corrected chi connectivity index (χ1v) is 6.40. The maximum atomic E-state index is 11.3. The molecule has 19 heavy (non-hydrogen) atoms. The number of hydrogen-bond donors (Lipinski definition) is 1. The normalized spacial score (nSPS) is 19.4. The van der Waals surface area contributed by atoms with Gasteiger partial charge in [-0.15, -0.1) is 0 Å². The highest BCUT2D eigenvalue weighted by molar-refractivity contribution is 5.31. The van der Waals surface area contributed by atoms with Gasteiger partial charge in [-0.3, -0.25) is 0 Å². The Balaban J connectivity index is 1.80. The van der Waals surface area contributed by atoms with E-state index in [4.69, 9.17) is 0 Å². The van der Waals surface area contributed by atoms with Crippen LogP contribution in [0, 0.1) is 0 Å². The van der Waals surface area contributed by atoms with Crippen LogP contribution in [0.2, 0.25) is 0 Å². The zero-order chi connectivity index (χ0) is 13.1. The van der Waals surface area contributed by atoms with E-state index in [9.17, 15) is 4.79 Å². The summed E-state index contributed by atoms with van der Waals surface area (Å²) in [5, 5.41) is 0. The highest BCUT2D eigenvalue weighted by Gasteiger charge is 2.23. The lowest BCUT2D eigenvalue weighted by atomic mass is 9.95. The molecule has 1 saturated heterocycles. The molecule has 0 unspecified atom stereocenters. The Hall–Kier alpha value is -2.24. The number of aromatic amines is 1. The van der Waals surface area contributed by atoms with Crippen molar-refractivity contribution in [2.45, 2.75) is 18.8 Å². The van der Waals surface area contributed by atoms with Crippen LogP contribution < -0.4 is 10.6 Å². The van der Waals surface area contributed by atoms with Crippen LogP contribution in [0.25, 0.3) is 0 Å². The van der Waals surface area contributed by atoms with E-state index >= 15 is 0 Å². The maximum absolute atomic E-state index is 11.3. The first kappa shape index (κ1) is 11.8. The van der Waals surface area contributed by atoms with Crippen molar-refractivity contribution in [2.24, 2.45) is 0 Å². The minimum absolute atomic E-state index is 0.286. The molecule has 0 aromatic carbocycles. The van der Waals surface area contributed by atoms with Crippen molar-refractivity contribution < 1.29 is 0 Å². The summed E-state index contributed by atoms with van der Waals surface area (Å²) >= 11 is 0. The van der Waals surface area contributed by atoms with Gasteiger partial charge in [-0.25, -0.2) is 19.7 Å². The number of anilines is 1. The third-order valence-electron chi connectivity index (χ3n) is 3.39. The van der Waals surface area contributed by atoms with Gasteiger partial charge in [0.05, 0.1) is 0 Å². The predicted octanol–water partition coefficient (Wildman–Crippen LogP) is 0.944. The van der Waals surface area contributed by atoms with E-state index in [2.05, 4.69) is 24.8 Å². The molecule has 6 heteroatoms. The summed E-state index contributed by atoms with van der Waals surface area (Å²) in [4.78, 5) is 28.5. The van der Waals surface area contributed by atoms with Crippen molar-refractivity contribution in [1.29, 1.82) is 0 Å². The third kappa shape index (κ3) is 2.62. The number of aromatic nitrogens is 4. The molecule has 6 nitrogen and oxygen atoms in total. The molecular weight excluding hydrogens is 242 g/mol. The summed E-state index contributed by atoms with van der Waals surface area (Å²) in [6, 6.07) is 3.69. The first-order valence-electron chi connectivity index (χ1n) is 6.40. The molecule has 0 saturated carbocycles. The smallest absolute Gasteiger partial charge is 0.340 e. The number of H-pyrrole nitrogens is 1. The molecule has 3 heterocycles. The van der Waals surface area contributed by atoms with Gasteiger partial charge in [0, 0.05) is 43.3 Å². The molecule has 2 aromatic rings. The highest BCUT2D eigenvalue weighted by atomic mass is 16.1. The fraction of sp³-hybridized carbons (Fsp3) is 0.385. The number of rotatable bonds is 2. The minimum atomic E-state index is -0.286. The van der Waals surface area contributed by atoms with Crippen molar-refractivity contribution in [1.82, 2.24) is 19.9 Å². The van der Waals surface area contributed by atoms with E-state index in [1.165, 1.54) is 0 Å². The van der Waals surface area contributed by atoms with Crippen molar-refractivity contribution in [3.8, 4) is 0 Å². The molecule has 98 valence electrons. The van der Waals surface area contributed by atoms with Crippen LogP contribution in [-0.2, 0) is 0 Å². The summed E-state index contributed by atoms with van der Waals surface area (Å²) in [6.45, 7) is 1.78. The van der Waals surface area contributed by atoms with E-state index in [-0.39, 0.29) is 5.69 Å². The largest absolute Gasteiger partial charge is 0.345 e. The van der Waals surface area contributed by atoms with Crippen molar-refractivity contribution in [2.75, 3.05) is 18.0 Å². The Kier molecular flexibility index (Phi) is 3.22. The molecule has 1 atom stereocenters. The van der Waals surface area contributed by atoms with Gasteiger partial charge < -0.3 is 9.88 Å². The van der Waals surface area contributed by atoms with E-state index in [1.54, 1.807) is 18.6 Å². The van der Waals surface area contributed by atoms with Crippen LogP contribution in [0.1, 0.15) is 24.5 Å². The quantitative estimate of drug-likeness (QED) is 0.866. The average molecular weight is 257 g/mol. The monoisotopic (exact) mass is 257 g/mol. The standard InChI is InChI=1S/C13H15N5O/c19-13-16-7-4-11(17-13)10-3-1-8-18(9-10)12-14-5-2-6-15-12/h2,4-7,10H,1,3,8-9H2,(H,16,17,19)/t10-/m0/s1. The Bertz CT molecular complexity index is 597. The molecular formula is C13H15N5O. The number of piperidine rings is 1. The van der Waals surface area contributed by atoms with E-state index in [1.807, 2.05) is 12.1 Å². The second kappa shape index (κ2) is 5.17. The molecule has 1 fully saturated rings. The predicted molar refractivity (Wildman–Crippen MR) is 71.1 cm³/mol. The van der Waals surface area contributed by atoms with Gasteiger partial charge in [0.1, 0.15) is 0 Å². The Labute approximate surface area is 110 Å². The lowest BCUT2D eigenvalue weighted by Crippen LogP contribution is -2.36. The lowest BCUT2D eigenvalue weighted by Gasteiger charge is -2.32. The van der Waals surface area contributed by atoms with Gasteiger partial charge in [0.2, 0.25) is 5.95 Å². The van der Waals surface area contributed by atoms with Gasteiger partial charge in [-0.2, -0.15) is 0 Å². The summed E-state index contributed by atoms with van der Waals surface area (Å²) in [6.07, 6.45) is 7.18. The molecule has 0 spiro atoms. The molecule has 1 N–H and O–H groups in total. The van der Waals surface area contributed by atoms with Crippen LogP contribution in [-0.4, -0.2) is 33.0 Å². The Morgan fingerprint density at radius 1 is 1.21 bits per heavy atom. The zero-order valence-electron chi connectivity index (χ0n) is 10.5. The van der Waals surface area contributed by atoms with Crippen LogP contribution in [0.4, 0.5) is 5.95 Å². The van der Waals surface area contributed by atoms with Gasteiger partial charge in [-0.1, -0.05) is 0 Å². The molecule has 1 aliphatic rings. The summed E-state index contributed by atoms with van der Waals surface area (Å²) in [7, 11) is 0. The SMILES string of the molecule is O=c1nccc([C@H]2CCCN(c3ncccn3)C2)[nH]1. The van der Waals surface area contributed by atoms with Crippen molar-refractivity contribution in [3.63, 3.8) is 0 Å². The van der Waals surface area contributed by atoms with Crippen LogP contribution in [0.15, 0.2) is 35.5 Å². The lowest BCUT2D eigenvalue weighted by molar-refractivity contribution is 0.493. The van der Waals surface area contributed by atoms with Crippen molar-refractivity contribution >= 4 is 5.95 Å². The fourth-order valence-electron chi connectivity index (χ4n) is 2.49. The first-order chi connectivity index (χ1) is 9.33. The zero-order valence-corrected chi connectivity index (χ0v) is 10.5. The summed E-state index contributed by atoms with van der Waals surface area (Å²) < 4.78 is 0. The average Bonchev–Trinajstić information content (AvgIpc) is 2.48. The van der Waals surface area contributed by atoms with Crippen LogP contribution >= 0.6 is 0 Å². The second-order valence-corrected chi connectivity index (χ2v) is 4.66. The van der Waals surface area contributed by atoms with Gasteiger partial charge in [0.25, 0.3) is 0 Å². The second-order valence-electron chi connectivity index (χ2n) is 4.66. The summed E-state index contributed by atoms with van der Waals surface area (Å²) in [5.41, 5.74) is 0.659. The van der Waals surface area contributed by atoms with Gasteiger partial charge >= 0.3 is 5.69 Å². The molecule has 1 aliphatic heterocycles.